The van der Waals surface area contributed by atoms with Gasteiger partial charge in [0.15, 0.2) is 0 Å². The molecule has 0 radical (unpaired) electrons. The molecule has 2 aliphatic rings. The van der Waals surface area contributed by atoms with E-state index in [2.05, 4.69) is 0 Å². The molecule has 3 heterocycles. The van der Waals surface area contributed by atoms with Crippen molar-refractivity contribution < 1.29 is 9.84 Å². The molecule has 29 heavy (non-hydrogen) atoms. The SMILES string of the molecule is Cc1ccc(-n2c(=O)n3n(c2=O)C2C(=CC3)C(C)(C)Oc3cc(O)ccc32)cc1. The first-order chi connectivity index (χ1) is 13.8. The van der Waals surface area contributed by atoms with Crippen LogP contribution < -0.4 is 16.1 Å². The predicted octanol–water partition coefficient (Wildman–Crippen LogP) is 2.52. The van der Waals surface area contributed by atoms with E-state index in [1.807, 2.05) is 39.0 Å². The zero-order valence-corrected chi connectivity index (χ0v) is 16.4. The number of allylic oxidation sites excluding steroid dienone is 1. The molecule has 7 heteroatoms. The molecule has 0 amide bonds. The summed E-state index contributed by atoms with van der Waals surface area (Å²) in [7, 11) is 0. The van der Waals surface area contributed by atoms with Crippen LogP contribution in [0.5, 0.6) is 11.5 Å². The Kier molecular flexibility index (Phi) is 3.50. The topological polar surface area (TPSA) is 78.4 Å². The Labute approximate surface area is 166 Å². The number of nitrogens with zero attached hydrogens (tertiary/aromatic N) is 3. The zero-order chi connectivity index (χ0) is 20.5. The van der Waals surface area contributed by atoms with Gasteiger partial charge >= 0.3 is 11.4 Å². The number of phenols is 1. The Bertz CT molecular complexity index is 1290. The van der Waals surface area contributed by atoms with E-state index in [0.717, 1.165) is 16.7 Å². The third-order valence-electron chi connectivity index (χ3n) is 5.73. The van der Waals surface area contributed by atoms with Gasteiger partial charge in [0, 0.05) is 11.6 Å². The minimum atomic E-state index is -0.682. The number of aromatic hydroxyl groups is 1. The second-order valence-corrected chi connectivity index (χ2v) is 8.06. The second kappa shape index (κ2) is 5.76. The summed E-state index contributed by atoms with van der Waals surface area (Å²) in [6, 6.07) is 11.7. The van der Waals surface area contributed by atoms with Crippen LogP contribution in [0, 0.1) is 6.92 Å². The van der Waals surface area contributed by atoms with E-state index in [1.165, 1.54) is 13.9 Å². The minimum absolute atomic E-state index is 0.0877. The fraction of sp³-hybridized carbons (Fsp3) is 0.273. The van der Waals surface area contributed by atoms with Crippen molar-refractivity contribution >= 4 is 0 Å². The number of fused-ring (bicyclic) bond motifs is 5. The van der Waals surface area contributed by atoms with E-state index in [4.69, 9.17) is 4.74 Å². The summed E-state index contributed by atoms with van der Waals surface area (Å²) in [6.07, 6.45) is 1.96. The normalized spacial score (nSPS) is 18.9. The van der Waals surface area contributed by atoms with Gasteiger partial charge in [-0.1, -0.05) is 23.8 Å². The average molecular weight is 391 g/mol. The summed E-state index contributed by atoms with van der Waals surface area (Å²) >= 11 is 0. The second-order valence-electron chi connectivity index (χ2n) is 8.06. The largest absolute Gasteiger partial charge is 0.508 e. The highest BCUT2D eigenvalue weighted by Gasteiger charge is 2.43. The van der Waals surface area contributed by atoms with Gasteiger partial charge in [0.05, 0.1) is 12.2 Å². The van der Waals surface area contributed by atoms with Crippen molar-refractivity contribution in [2.75, 3.05) is 0 Å². The number of hydrogen-bond donors (Lipinski definition) is 1. The molecule has 3 aromatic rings. The van der Waals surface area contributed by atoms with Gasteiger partial charge in [-0.3, -0.25) is 0 Å². The van der Waals surface area contributed by atoms with Crippen molar-refractivity contribution in [1.82, 2.24) is 13.9 Å². The third-order valence-corrected chi connectivity index (χ3v) is 5.73. The quantitative estimate of drug-likeness (QED) is 0.647. The molecule has 2 aromatic carbocycles. The maximum atomic E-state index is 13.5. The van der Waals surface area contributed by atoms with Crippen LogP contribution in [0.4, 0.5) is 0 Å². The van der Waals surface area contributed by atoms with Gasteiger partial charge in [0.1, 0.15) is 23.1 Å². The molecule has 2 aliphatic heterocycles. The number of phenolic OH excluding ortho intramolecular Hbond substituents is 1. The van der Waals surface area contributed by atoms with Gasteiger partial charge in [0.25, 0.3) is 0 Å². The molecule has 0 fully saturated rings. The molecule has 1 aromatic heterocycles. The van der Waals surface area contributed by atoms with E-state index >= 15 is 0 Å². The molecule has 0 saturated heterocycles. The first-order valence-corrected chi connectivity index (χ1v) is 9.52. The van der Waals surface area contributed by atoms with Gasteiger partial charge in [-0.05, 0) is 50.6 Å². The van der Waals surface area contributed by atoms with E-state index in [9.17, 15) is 14.7 Å². The van der Waals surface area contributed by atoms with Gasteiger partial charge in [-0.25, -0.2) is 23.5 Å². The Morgan fingerprint density at radius 2 is 1.79 bits per heavy atom. The van der Waals surface area contributed by atoms with E-state index in [-0.39, 0.29) is 11.4 Å². The third kappa shape index (κ3) is 2.43. The Balaban J connectivity index is 1.79. The maximum absolute atomic E-state index is 13.5. The van der Waals surface area contributed by atoms with Crippen molar-refractivity contribution in [3.05, 3.63) is 86.2 Å². The van der Waals surface area contributed by atoms with E-state index in [0.29, 0.717) is 18.0 Å². The first kappa shape index (κ1) is 17.6. The molecule has 5 rings (SSSR count). The standard InChI is InChI=1S/C22H21N3O4/c1-13-4-6-14(7-5-13)24-20(27)23-11-10-17-19(25(23)21(24)28)16-9-8-15(26)12-18(16)29-22(17,2)3/h4-10,12,19,26H,11H2,1-3H3. The number of benzene rings is 2. The summed E-state index contributed by atoms with van der Waals surface area (Å²) < 4.78 is 10.3. The molecule has 7 nitrogen and oxygen atoms in total. The lowest BCUT2D eigenvalue weighted by molar-refractivity contribution is 0.113. The van der Waals surface area contributed by atoms with Crippen molar-refractivity contribution in [2.45, 2.75) is 39.0 Å². The number of hydrogen-bond acceptors (Lipinski definition) is 4. The van der Waals surface area contributed by atoms with Crippen LogP contribution in [0.3, 0.4) is 0 Å². The molecule has 0 aliphatic carbocycles. The molecule has 1 N–H and O–H groups in total. The fourth-order valence-electron chi connectivity index (χ4n) is 4.30. The molecule has 148 valence electrons. The van der Waals surface area contributed by atoms with Crippen LogP contribution >= 0.6 is 0 Å². The summed E-state index contributed by atoms with van der Waals surface area (Å²) in [6.45, 7) is 6.10. The molecular weight excluding hydrogens is 370 g/mol. The van der Waals surface area contributed by atoms with Crippen LogP contribution in [0.1, 0.15) is 31.0 Å². The van der Waals surface area contributed by atoms with Crippen LogP contribution in [0.15, 0.2) is 63.7 Å². The molecule has 1 atom stereocenters. The molecule has 0 spiro atoms. The predicted molar refractivity (Wildman–Crippen MR) is 108 cm³/mol. The lowest BCUT2D eigenvalue weighted by Crippen LogP contribution is -2.46. The molecular formula is C22H21N3O4. The lowest BCUT2D eigenvalue weighted by atomic mass is 9.83. The summed E-state index contributed by atoms with van der Waals surface area (Å²) in [5.41, 5.74) is 1.79. The Hall–Kier alpha value is -3.48. The van der Waals surface area contributed by atoms with Crippen molar-refractivity contribution in [1.29, 1.82) is 0 Å². The summed E-state index contributed by atoms with van der Waals surface area (Å²) in [5.74, 6) is 0.595. The Morgan fingerprint density at radius 3 is 2.52 bits per heavy atom. The van der Waals surface area contributed by atoms with Crippen LogP contribution in [-0.2, 0) is 6.54 Å². The van der Waals surface area contributed by atoms with E-state index < -0.39 is 17.3 Å². The van der Waals surface area contributed by atoms with Crippen LogP contribution in [0.25, 0.3) is 5.69 Å². The lowest BCUT2D eigenvalue weighted by Gasteiger charge is -2.42. The van der Waals surface area contributed by atoms with Gasteiger partial charge in [0.2, 0.25) is 0 Å². The maximum Gasteiger partial charge on any atom is 0.352 e. The molecule has 0 saturated carbocycles. The average Bonchev–Trinajstić information content (AvgIpc) is 2.92. The van der Waals surface area contributed by atoms with Gasteiger partial charge < -0.3 is 9.84 Å². The van der Waals surface area contributed by atoms with Crippen LogP contribution in [0.2, 0.25) is 0 Å². The highest BCUT2D eigenvalue weighted by molar-refractivity contribution is 5.50. The highest BCUT2D eigenvalue weighted by atomic mass is 16.5. The number of ether oxygens (including phenoxy) is 1. The fourth-order valence-corrected chi connectivity index (χ4v) is 4.30. The molecule has 1 unspecified atom stereocenters. The van der Waals surface area contributed by atoms with Gasteiger partial charge in [-0.15, -0.1) is 0 Å². The number of rotatable bonds is 1. The monoisotopic (exact) mass is 391 g/mol. The first-order valence-electron chi connectivity index (χ1n) is 9.52. The van der Waals surface area contributed by atoms with Gasteiger partial charge in [-0.2, -0.15) is 0 Å². The van der Waals surface area contributed by atoms with Crippen molar-refractivity contribution in [3.8, 4) is 17.2 Å². The smallest absolute Gasteiger partial charge is 0.352 e. The summed E-state index contributed by atoms with van der Waals surface area (Å²) in [5, 5.41) is 9.90. The highest BCUT2D eigenvalue weighted by Crippen LogP contribution is 2.46. The number of aromatic nitrogens is 3. The van der Waals surface area contributed by atoms with Crippen molar-refractivity contribution in [2.24, 2.45) is 0 Å². The minimum Gasteiger partial charge on any atom is -0.508 e. The summed E-state index contributed by atoms with van der Waals surface area (Å²) in [4.78, 5) is 26.6. The van der Waals surface area contributed by atoms with Crippen LogP contribution in [-0.4, -0.2) is 24.6 Å². The number of aryl methyl sites for hydroxylation is 1. The molecule has 0 bridgehead atoms. The van der Waals surface area contributed by atoms with Crippen molar-refractivity contribution in [3.63, 3.8) is 0 Å². The zero-order valence-electron chi connectivity index (χ0n) is 16.4. The Morgan fingerprint density at radius 1 is 1.07 bits per heavy atom. The van der Waals surface area contributed by atoms with E-state index in [1.54, 1.807) is 30.3 Å².